The van der Waals surface area contributed by atoms with E-state index in [0.717, 1.165) is 12.5 Å². The molecule has 0 aliphatic carbocycles. The molecule has 84 valence electrons. The Labute approximate surface area is 93.2 Å². The zero-order valence-electron chi connectivity index (χ0n) is 8.84. The number of halogens is 1. The molecule has 0 spiro atoms. The van der Waals surface area contributed by atoms with Crippen LogP contribution in [-0.2, 0) is 4.74 Å². The minimum absolute atomic E-state index is 0. The molecule has 2 unspecified atom stereocenters. The van der Waals surface area contributed by atoms with Crippen molar-refractivity contribution in [2.24, 2.45) is 5.92 Å². The van der Waals surface area contributed by atoms with Gasteiger partial charge >= 0.3 is 0 Å². The van der Waals surface area contributed by atoms with E-state index in [1.54, 1.807) is 0 Å². The molecular formula is C11H22ClNO. The van der Waals surface area contributed by atoms with Crippen molar-refractivity contribution in [3.05, 3.63) is 0 Å². The van der Waals surface area contributed by atoms with Crippen LogP contribution in [0.15, 0.2) is 0 Å². The van der Waals surface area contributed by atoms with Gasteiger partial charge in [0.05, 0.1) is 6.10 Å². The van der Waals surface area contributed by atoms with E-state index < -0.39 is 0 Å². The molecule has 0 bridgehead atoms. The van der Waals surface area contributed by atoms with Gasteiger partial charge in [-0.3, -0.25) is 0 Å². The molecule has 2 fully saturated rings. The molecule has 0 aromatic rings. The molecule has 2 aliphatic heterocycles. The van der Waals surface area contributed by atoms with Crippen LogP contribution in [0.2, 0.25) is 0 Å². The highest BCUT2D eigenvalue weighted by molar-refractivity contribution is 5.85. The molecular weight excluding hydrogens is 198 g/mol. The Hall–Kier alpha value is 0.210. The molecule has 2 nitrogen and oxygen atoms in total. The first kappa shape index (κ1) is 12.3. The van der Waals surface area contributed by atoms with E-state index in [1.165, 1.54) is 51.6 Å². The molecule has 2 atom stereocenters. The Balaban J connectivity index is 0.000000980. The standard InChI is InChI=1S/C11H21NO.ClH/c1-2-7-13-11(5-1)8-10-4-3-6-12-9-10;/h10-12H,1-9H2;1H. The maximum Gasteiger partial charge on any atom is 0.0578 e. The van der Waals surface area contributed by atoms with Gasteiger partial charge in [-0.2, -0.15) is 0 Å². The summed E-state index contributed by atoms with van der Waals surface area (Å²) < 4.78 is 5.75. The van der Waals surface area contributed by atoms with E-state index in [-0.39, 0.29) is 12.4 Å². The Kier molecular flexibility index (Phi) is 5.83. The predicted molar refractivity (Wildman–Crippen MR) is 61.0 cm³/mol. The highest BCUT2D eigenvalue weighted by Gasteiger charge is 2.20. The third-order valence-electron chi connectivity index (χ3n) is 3.27. The first-order valence-electron chi connectivity index (χ1n) is 5.77. The van der Waals surface area contributed by atoms with Crippen molar-refractivity contribution in [1.29, 1.82) is 0 Å². The number of hydrogen-bond donors (Lipinski definition) is 1. The van der Waals surface area contributed by atoms with Crippen molar-refractivity contribution in [3.63, 3.8) is 0 Å². The minimum atomic E-state index is 0. The Morgan fingerprint density at radius 1 is 1.14 bits per heavy atom. The summed E-state index contributed by atoms with van der Waals surface area (Å²) in [5.41, 5.74) is 0. The Morgan fingerprint density at radius 2 is 2.07 bits per heavy atom. The fourth-order valence-corrected chi connectivity index (χ4v) is 2.49. The molecule has 1 N–H and O–H groups in total. The SMILES string of the molecule is C1CCC(CC2CCCNC2)OC1.Cl. The van der Waals surface area contributed by atoms with Crippen LogP contribution in [-0.4, -0.2) is 25.8 Å². The number of piperidine rings is 1. The fraction of sp³-hybridized carbons (Fsp3) is 1.00. The van der Waals surface area contributed by atoms with E-state index >= 15 is 0 Å². The van der Waals surface area contributed by atoms with E-state index in [4.69, 9.17) is 4.74 Å². The maximum absolute atomic E-state index is 5.75. The van der Waals surface area contributed by atoms with Crippen LogP contribution < -0.4 is 5.32 Å². The van der Waals surface area contributed by atoms with Crippen molar-refractivity contribution in [3.8, 4) is 0 Å². The fourth-order valence-electron chi connectivity index (χ4n) is 2.49. The maximum atomic E-state index is 5.75. The van der Waals surface area contributed by atoms with Gasteiger partial charge in [-0.1, -0.05) is 0 Å². The minimum Gasteiger partial charge on any atom is -0.378 e. The van der Waals surface area contributed by atoms with Gasteiger partial charge in [-0.15, -0.1) is 12.4 Å². The first-order valence-corrected chi connectivity index (χ1v) is 5.77. The summed E-state index contributed by atoms with van der Waals surface area (Å²) in [6.07, 6.45) is 8.61. The van der Waals surface area contributed by atoms with Crippen molar-refractivity contribution in [2.75, 3.05) is 19.7 Å². The summed E-state index contributed by atoms with van der Waals surface area (Å²) in [5.74, 6) is 0.886. The van der Waals surface area contributed by atoms with E-state index in [0.29, 0.717) is 6.10 Å². The summed E-state index contributed by atoms with van der Waals surface area (Å²) in [5, 5.41) is 3.47. The lowest BCUT2D eigenvalue weighted by atomic mass is 9.91. The van der Waals surface area contributed by atoms with Crippen LogP contribution in [0.5, 0.6) is 0 Å². The molecule has 0 radical (unpaired) electrons. The van der Waals surface area contributed by atoms with Crippen LogP contribution in [0.1, 0.15) is 38.5 Å². The van der Waals surface area contributed by atoms with Crippen molar-refractivity contribution in [1.82, 2.24) is 5.32 Å². The zero-order chi connectivity index (χ0) is 8.93. The largest absolute Gasteiger partial charge is 0.378 e. The van der Waals surface area contributed by atoms with Crippen molar-refractivity contribution >= 4 is 12.4 Å². The van der Waals surface area contributed by atoms with Gasteiger partial charge in [-0.05, 0) is 57.5 Å². The third kappa shape index (κ3) is 3.76. The normalized spacial score (nSPS) is 33.4. The molecule has 2 heterocycles. The summed E-state index contributed by atoms with van der Waals surface area (Å²) in [6.45, 7) is 3.45. The van der Waals surface area contributed by atoms with Crippen LogP contribution in [0.25, 0.3) is 0 Å². The lowest BCUT2D eigenvalue weighted by Crippen LogP contribution is -2.33. The zero-order valence-corrected chi connectivity index (χ0v) is 9.65. The summed E-state index contributed by atoms with van der Waals surface area (Å²) in [6, 6.07) is 0. The summed E-state index contributed by atoms with van der Waals surface area (Å²) in [7, 11) is 0. The highest BCUT2D eigenvalue weighted by atomic mass is 35.5. The smallest absolute Gasteiger partial charge is 0.0578 e. The Morgan fingerprint density at radius 3 is 2.71 bits per heavy atom. The van der Waals surface area contributed by atoms with Gasteiger partial charge in [0.2, 0.25) is 0 Å². The molecule has 3 heteroatoms. The third-order valence-corrected chi connectivity index (χ3v) is 3.27. The van der Waals surface area contributed by atoms with Crippen LogP contribution in [0, 0.1) is 5.92 Å². The molecule has 2 saturated heterocycles. The molecule has 0 aromatic heterocycles. The summed E-state index contributed by atoms with van der Waals surface area (Å²) >= 11 is 0. The number of hydrogen-bond acceptors (Lipinski definition) is 2. The number of nitrogens with one attached hydrogen (secondary N) is 1. The van der Waals surface area contributed by atoms with Crippen molar-refractivity contribution < 1.29 is 4.74 Å². The topological polar surface area (TPSA) is 21.3 Å². The molecule has 2 rings (SSSR count). The van der Waals surface area contributed by atoms with Gasteiger partial charge in [0, 0.05) is 6.61 Å². The van der Waals surface area contributed by atoms with Gasteiger partial charge in [-0.25, -0.2) is 0 Å². The first-order chi connectivity index (χ1) is 6.45. The van der Waals surface area contributed by atoms with E-state index in [2.05, 4.69) is 5.32 Å². The van der Waals surface area contributed by atoms with Crippen LogP contribution in [0.3, 0.4) is 0 Å². The predicted octanol–water partition coefficient (Wildman–Crippen LogP) is 2.37. The molecule has 0 aromatic carbocycles. The van der Waals surface area contributed by atoms with Gasteiger partial charge in [0.1, 0.15) is 0 Å². The average Bonchev–Trinajstić information content (AvgIpc) is 2.21. The molecule has 0 amide bonds. The van der Waals surface area contributed by atoms with Crippen molar-refractivity contribution in [2.45, 2.75) is 44.6 Å². The summed E-state index contributed by atoms with van der Waals surface area (Å²) in [4.78, 5) is 0. The average molecular weight is 220 g/mol. The molecule has 14 heavy (non-hydrogen) atoms. The number of rotatable bonds is 2. The monoisotopic (exact) mass is 219 g/mol. The van der Waals surface area contributed by atoms with Gasteiger partial charge in [0.25, 0.3) is 0 Å². The Bertz CT molecular complexity index is 126. The second-order valence-electron chi connectivity index (χ2n) is 4.44. The van der Waals surface area contributed by atoms with Gasteiger partial charge in [0.15, 0.2) is 0 Å². The second-order valence-corrected chi connectivity index (χ2v) is 4.44. The molecule has 0 saturated carbocycles. The van der Waals surface area contributed by atoms with Crippen LogP contribution >= 0.6 is 12.4 Å². The van der Waals surface area contributed by atoms with E-state index in [9.17, 15) is 0 Å². The highest BCUT2D eigenvalue weighted by Crippen LogP contribution is 2.23. The van der Waals surface area contributed by atoms with E-state index in [1.807, 2.05) is 0 Å². The lowest BCUT2D eigenvalue weighted by Gasteiger charge is -2.29. The lowest BCUT2D eigenvalue weighted by molar-refractivity contribution is -0.000470. The van der Waals surface area contributed by atoms with Gasteiger partial charge < -0.3 is 10.1 Å². The second kappa shape index (κ2) is 6.65. The molecule has 2 aliphatic rings. The van der Waals surface area contributed by atoms with Crippen LogP contribution in [0.4, 0.5) is 0 Å². The number of ether oxygens (including phenoxy) is 1. The quantitative estimate of drug-likeness (QED) is 0.770.